The van der Waals surface area contributed by atoms with E-state index in [9.17, 15) is 14.7 Å². The molecule has 0 aromatic heterocycles. The molecule has 90 valence electrons. The third-order valence-corrected chi connectivity index (χ3v) is 2.74. The number of fused-ring (bicyclic) bond motifs is 1. The number of carboxylic acids is 1. The maximum atomic E-state index is 11.9. The van der Waals surface area contributed by atoms with Gasteiger partial charge in [-0.2, -0.15) is 0 Å². The van der Waals surface area contributed by atoms with Gasteiger partial charge in [-0.1, -0.05) is 12.1 Å². The number of aliphatic carboxylic acids is 1. The summed E-state index contributed by atoms with van der Waals surface area (Å²) in [7, 11) is 0. The standard InChI is InChI=1S/C12H13NO4/c1-7(12(15)16)13-9-5-3-4-6-10(9)17-8(2)11(13)14/h3-8H,1-2H3,(H,15,16)/p-1. The van der Waals surface area contributed by atoms with Gasteiger partial charge in [0.05, 0.1) is 17.7 Å². The molecule has 5 nitrogen and oxygen atoms in total. The molecule has 0 N–H and O–H groups in total. The minimum absolute atomic E-state index is 0.375. The highest BCUT2D eigenvalue weighted by Crippen LogP contribution is 2.34. The Hall–Kier alpha value is -2.04. The van der Waals surface area contributed by atoms with E-state index in [4.69, 9.17) is 4.74 Å². The van der Waals surface area contributed by atoms with E-state index in [1.807, 2.05) is 0 Å². The Bertz CT molecular complexity index is 471. The number of benzene rings is 1. The molecule has 0 aliphatic carbocycles. The van der Waals surface area contributed by atoms with Crippen LogP contribution >= 0.6 is 0 Å². The van der Waals surface area contributed by atoms with Crippen LogP contribution in [0.15, 0.2) is 24.3 Å². The lowest BCUT2D eigenvalue weighted by atomic mass is 10.1. The number of hydrogen-bond acceptors (Lipinski definition) is 4. The third kappa shape index (κ3) is 1.84. The van der Waals surface area contributed by atoms with Crippen LogP contribution in [0.2, 0.25) is 0 Å². The number of nitrogens with zero attached hydrogens (tertiary/aromatic N) is 1. The summed E-state index contributed by atoms with van der Waals surface area (Å²) in [6, 6.07) is 5.82. The highest BCUT2D eigenvalue weighted by atomic mass is 16.5. The molecule has 2 atom stereocenters. The maximum Gasteiger partial charge on any atom is 0.268 e. The number of para-hydroxylation sites is 2. The van der Waals surface area contributed by atoms with E-state index in [0.29, 0.717) is 11.4 Å². The molecule has 0 bridgehead atoms. The van der Waals surface area contributed by atoms with Crippen LogP contribution in [0.3, 0.4) is 0 Å². The minimum Gasteiger partial charge on any atom is -0.548 e. The number of anilines is 1. The van der Waals surface area contributed by atoms with Gasteiger partial charge in [0, 0.05) is 0 Å². The maximum absolute atomic E-state index is 11.9. The van der Waals surface area contributed by atoms with E-state index in [0.717, 1.165) is 0 Å². The zero-order valence-corrected chi connectivity index (χ0v) is 9.54. The van der Waals surface area contributed by atoms with Crippen LogP contribution in [0.5, 0.6) is 5.75 Å². The fraction of sp³-hybridized carbons (Fsp3) is 0.333. The van der Waals surface area contributed by atoms with Crippen molar-refractivity contribution in [2.24, 2.45) is 0 Å². The molecule has 1 aromatic rings. The molecule has 1 aliphatic rings. The third-order valence-electron chi connectivity index (χ3n) is 2.74. The zero-order chi connectivity index (χ0) is 12.6. The summed E-state index contributed by atoms with van der Waals surface area (Å²) in [5, 5.41) is 10.9. The summed E-state index contributed by atoms with van der Waals surface area (Å²) in [6.07, 6.45) is -0.688. The molecule has 0 saturated heterocycles. The number of amides is 1. The quantitative estimate of drug-likeness (QED) is 0.718. The number of carbonyl (C=O) groups excluding carboxylic acids is 2. The fourth-order valence-electron chi connectivity index (χ4n) is 1.82. The van der Waals surface area contributed by atoms with Crippen LogP contribution in [0, 0.1) is 0 Å². The van der Waals surface area contributed by atoms with Crippen LogP contribution in [0.1, 0.15) is 13.8 Å². The molecule has 1 aromatic carbocycles. The SMILES string of the molecule is CC1Oc2ccccc2N(C(C)C(=O)[O-])C1=O. The van der Waals surface area contributed by atoms with Crippen molar-refractivity contribution in [3.8, 4) is 5.75 Å². The summed E-state index contributed by atoms with van der Waals surface area (Å²) in [5.74, 6) is -1.16. The lowest BCUT2D eigenvalue weighted by Crippen LogP contribution is -2.54. The molecule has 1 amide bonds. The van der Waals surface area contributed by atoms with Crippen molar-refractivity contribution in [3.05, 3.63) is 24.3 Å². The van der Waals surface area contributed by atoms with Crippen molar-refractivity contribution >= 4 is 17.6 Å². The van der Waals surface area contributed by atoms with Crippen LogP contribution in [-0.2, 0) is 9.59 Å². The van der Waals surface area contributed by atoms with E-state index in [-0.39, 0.29) is 5.91 Å². The van der Waals surface area contributed by atoms with Gasteiger partial charge in [-0.05, 0) is 26.0 Å². The predicted molar refractivity (Wildman–Crippen MR) is 58.5 cm³/mol. The largest absolute Gasteiger partial charge is 0.548 e. The second kappa shape index (κ2) is 4.08. The molecular weight excluding hydrogens is 222 g/mol. The fourth-order valence-corrected chi connectivity index (χ4v) is 1.82. The number of rotatable bonds is 2. The lowest BCUT2D eigenvalue weighted by Gasteiger charge is -2.37. The van der Waals surface area contributed by atoms with Gasteiger partial charge in [-0.25, -0.2) is 0 Å². The molecule has 0 saturated carbocycles. The Morgan fingerprint density at radius 3 is 2.76 bits per heavy atom. The first-order valence-corrected chi connectivity index (χ1v) is 5.32. The smallest absolute Gasteiger partial charge is 0.268 e. The summed E-state index contributed by atoms with van der Waals surface area (Å²) in [6.45, 7) is 3.01. The van der Waals surface area contributed by atoms with Crippen molar-refractivity contribution in [1.29, 1.82) is 0 Å². The number of carbonyl (C=O) groups is 2. The van der Waals surface area contributed by atoms with Gasteiger partial charge >= 0.3 is 0 Å². The summed E-state index contributed by atoms with van der Waals surface area (Å²) in [4.78, 5) is 24.1. The van der Waals surface area contributed by atoms with E-state index >= 15 is 0 Å². The van der Waals surface area contributed by atoms with Gasteiger partial charge in [-0.15, -0.1) is 0 Å². The van der Waals surface area contributed by atoms with Gasteiger partial charge in [0.2, 0.25) is 0 Å². The van der Waals surface area contributed by atoms with E-state index < -0.39 is 18.1 Å². The molecule has 2 unspecified atom stereocenters. The van der Waals surface area contributed by atoms with Crippen molar-refractivity contribution in [3.63, 3.8) is 0 Å². The van der Waals surface area contributed by atoms with Gasteiger partial charge in [0.1, 0.15) is 5.75 Å². The van der Waals surface area contributed by atoms with Gasteiger partial charge in [0.25, 0.3) is 5.91 Å². The Balaban J connectivity index is 2.49. The van der Waals surface area contributed by atoms with Gasteiger partial charge < -0.3 is 14.6 Å². The normalized spacial score (nSPS) is 20.5. The number of hydrogen-bond donors (Lipinski definition) is 0. The van der Waals surface area contributed by atoms with Gasteiger partial charge in [0.15, 0.2) is 6.10 Å². The Morgan fingerprint density at radius 2 is 2.12 bits per heavy atom. The Morgan fingerprint density at radius 1 is 1.47 bits per heavy atom. The molecule has 17 heavy (non-hydrogen) atoms. The zero-order valence-electron chi connectivity index (χ0n) is 9.54. The molecule has 1 aliphatic heterocycles. The second-order valence-electron chi connectivity index (χ2n) is 3.93. The topological polar surface area (TPSA) is 69.7 Å². The highest BCUT2D eigenvalue weighted by molar-refractivity contribution is 6.03. The van der Waals surface area contributed by atoms with Crippen molar-refractivity contribution < 1.29 is 19.4 Å². The van der Waals surface area contributed by atoms with Crippen LogP contribution in [0.25, 0.3) is 0 Å². The molecule has 0 radical (unpaired) electrons. The summed E-state index contributed by atoms with van der Waals surface area (Å²) < 4.78 is 5.40. The van der Waals surface area contributed by atoms with E-state index in [2.05, 4.69) is 0 Å². The van der Waals surface area contributed by atoms with Crippen molar-refractivity contribution in [2.75, 3.05) is 4.90 Å². The number of ether oxygens (including phenoxy) is 1. The first-order valence-electron chi connectivity index (χ1n) is 5.32. The van der Waals surface area contributed by atoms with E-state index in [1.54, 1.807) is 31.2 Å². The molecular formula is C12H12NO4-. The van der Waals surface area contributed by atoms with Crippen LogP contribution < -0.4 is 14.7 Å². The van der Waals surface area contributed by atoms with Crippen molar-refractivity contribution in [1.82, 2.24) is 0 Å². The average molecular weight is 234 g/mol. The highest BCUT2D eigenvalue weighted by Gasteiger charge is 2.34. The van der Waals surface area contributed by atoms with Crippen LogP contribution in [0.4, 0.5) is 5.69 Å². The Kier molecular flexibility index (Phi) is 2.75. The second-order valence-corrected chi connectivity index (χ2v) is 3.93. The van der Waals surface area contributed by atoms with E-state index in [1.165, 1.54) is 11.8 Å². The molecule has 2 rings (SSSR count). The molecule has 1 heterocycles. The molecule has 0 spiro atoms. The minimum atomic E-state index is -1.29. The predicted octanol–water partition coefficient (Wildman–Crippen LogP) is -0.0611. The first kappa shape index (κ1) is 11.4. The Labute approximate surface area is 98.6 Å². The van der Waals surface area contributed by atoms with Gasteiger partial charge in [-0.3, -0.25) is 9.69 Å². The molecule has 0 fully saturated rings. The van der Waals surface area contributed by atoms with Crippen LogP contribution in [-0.4, -0.2) is 24.0 Å². The average Bonchev–Trinajstić information content (AvgIpc) is 2.30. The number of carboxylic acid groups (broad SMARTS) is 1. The summed E-state index contributed by atoms with van der Waals surface area (Å²) in [5.41, 5.74) is 0.465. The monoisotopic (exact) mass is 234 g/mol. The molecule has 5 heteroatoms. The first-order chi connectivity index (χ1) is 8.02. The lowest BCUT2D eigenvalue weighted by molar-refractivity contribution is -0.307. The van der Waals surface area contributed by atoms with Crippen molar-refractivity contribution in [2.45, 2.75) is 26.0 Å². The summed E-state index contributed by atoms with van der Waals surface area (Å²) >= 11 is 0.